The van der Waals surface area contributed by atoms with Crippen LogP contribution in [0.25, 0.3) is 10.9 Å². The predicted molar refractivity (Wildman–Crippen MR) is 103 cm³/mol. The van der Waals surface area contributed by atoms with Crippen LogP contribution >= 0.6 is 0 Å². The molecule has 27 heavy (non-hydrogen) atoms. The van der Waals surface area contributed by atoms with Gasteiger partial charge >= 0.3 is 0 Å². The van der Waals surface area contributed by atoms with Gasteiger partial charge in [0, 0.05) is 49.7 Å². The molecule has 2 aliphatic rings. The van der Waals surface area contributed by atoms with E-state index in [-0.39, 0.29) is 18.4 Å². The molecular formula is C21H27N3O3. The molecule has 2 amide bonds. The van der Waals surface area contributed by atoms with Crippen LogP contribution in [0.3, 0.4) is 0 Å². The first-order valence-electron chi connectivity index (χ1n) is 9.86. The van der Waals surface area contributed by atoms with Crippen LogP contribution in [0.15, 0.2) is 30.5 Å². The number of aliphatic hydroxyl groups excluding tert-OH is 1. The average molecular weight is 369 g/mol. The number of β-amino-alcohol motifs (C(OH)–C–C–N with tert-alkyl or cyclic N) is 1. The summed E-state index contributed by atoms with van der Waals surface area (Å²) in [5.74, 6) is 0.249. The number of carbonyl (C=O) groups excluding carboxylic acids is 2. The third-order valence-corrected chi connectivity index (χ3v) is 6.18. The lowest BCUT2D eigenvalue weighted by Crippen LogP contribution is -2.51. The van der Waals surface area contributed by atoms with E-state index >= 15 is 0 Å². The smallest absolute Gasteiger partial charge is 0.230 e. The molecule has 1 aromatic carbocycles. The fraction of sp³-hybridized carbons (Fsp3) is 0.524. The number of aryl methyl sites for hydroxylation is 1. The van der Waals surface area contributed by atoms with E-state index in [9.17, 15) is 14.7 Å². The topological polar surface area (TPSA) is 76.6 Å². The quantitative estimate of drug-likeness (QED) is 0.846. The standard InChI is InChI=1S/C21H27N3O3/c25-13-12-23-10-3-8-21(20(23)27)9-11-24(15-21)19(26)7-6-16-14-22-18-5-2-1-4-17(16)18/h1-2,4-5,14,22,25H,3,6-13,15H2. The zero-order valence-corrected chi connectivity index (χ0v) is 15.6. The number of nitrogens with zero attached hydrogens (tertiary/aromatic N) is 2. The Hall–Kier alpha value is -2.34. The highest BCUT2D eigenvalue weighted by Crippen LogP contribution is 2.40. The molecule has 1 spiro atoms. The number of para-hydroxylation sites is 1. The number of carbonyl (C=O) groups is 2. The van der Waals surface area contributed by atoms with E-state index in [1.807, 2.05) is 29.3 Å². The van der Waals surface area contributed by atoms with E-state index in [1.54, 1.807) is 4.90 Å². The van der Waals surface area contributed by atoms with Crippen molar-refractivity contribution in [3.05, 3.63) is 36.0 Å². The van der Waals surface area contributed by atoms with Crippen LogP contribution in [-0.2, 0) is 16.0 Å². The largest absolute Gasteiger partial charge is 0.395 e. The number of piperidine rings is 1. The highest BCUT2D eigenvalue weighted by molar-refractivity contribution is 5.87. The van der Waals surface area contributed by atoms with Gasteiger partial charge in [-0.25, -0.2) is 0 Å². The van der Waals surface area contributed by atoms with E-state index in [2.05, 4.69) is 11.1 Å². The Morgan fingerprint density at radius 1 is 1.22 bits per heavy atom. The summed E-state index contributed by atoms with van der Waals surface area (Å²) in [5, 5.41) is 10.4. The van der Waals surface area contributed by atoms with Gasteiger partial charge in [0.2, 0.25) is 11.8 Å². The molecule has 1 atom stereocenters. The molecule has 1 unspecified atom stereocenters. The fourth-order valence-corrected chi connectivity index (χ4v) is 4.69. The van der Waals surface area contributed by atoms with Gasteiger partial charge in [-0.3, -0.25) is 9.59 Å². The molecule has 0 radical (unpaired) electrons. The molecule has 6 heteroatoms. The molecule has 3 heterocycles. The van der Waals surface area contributed by atoms with Gasteiger partial charge in [-0.1, -0.05) is 18.2 Å². The van der Waals surface area contributed by atoms with Gasteiger partial charge in [0.1, 0.15) is 0 Å². The van der Waals surface area contributed by atoms with Gasteiger partial charge in [-0.05, 0) is 37.3 Å². The SMILES string of the molecule is O=C(CCc1c[nH]c2ccccc12)N1CCC2(CCCN(CCO)C2=O)C1. The van der Waals surface area contributed by atoms with Crippen molar-refractivity contribution in [1.82, 2.24) is 14.8 Å². The molecule has 0 bridgehead atoms. The third kappa shape index (κ3) is 3.34. The lowest BCUT2D eigenvalue weighted by molar-refractivity contribution is -0.146. The van der Waals surface area contributed by atoms with Crippen LogP contribution in [0.5, 0.6) is 0 Å². The maximum atomic E-state index is 12.9. The van der Waals surface area contributed by atoms with Crippen molar-refractivity contribution in [2.24, 2.45) is 5.41 Å². The summed E-state index contributed by atoms with van der Waals surface area (Å²) in [5.41, 5.74) is 1.83. The van der Waals surface area contributed by atoms with E-state index < -0.39 is 5.41 Å². The summed E-state index contributed by atoms with van der Waals surface area (Å²) in [4.78, 5) is 32.5. The molecule has 2 N–H and O–H groups in total. The molecule has 0 aliphatic carbocycles. The van der Waals surface area contributed by atoms with Gasteiger partial charge in [0.05, 0.1) is 12.0 Å². The molecule has 6 nitrogen and oxygen atoms in total. The highest BCUT2D eigenvalue weighted by Gasteiger charge is 2.49. The molecule has 2 aromatic rings. The minimum Gasteiger partial charge on any atom is -0.395 e. The third-order valence-electron chi connectivity index (χ3n) is 6.18. The summed E-state index contributed by atoms with van der Waals surface area (Å²) in [7, 11) is 0. The number of fused-ring (bicyclic) bond motifs is 1. The van der Waals surface area contributed by atoms with E-state index in [4.69, 9.17) is 0 Å². The molecule has 2 saturated heterocycles. The summed E-state index contributed by atoms with van der Waals surface area (Å²) in [6, 6.07) is 8.13. The maximum absolute atomic E-state index is 12.9. The number of H-pyrrole nitrogens is 1. The molecule has 4 rings (SSSR count). The average Bonchev–Trinajstić information content (AvgIpc) is 3.29. The molecule has 1 aromatic heterocycles. The molecule has 2 fully saturated rings. The number of likely N-dealkylation sites (tertiary alicyclic amines) is 2. The summed E-state index contributed by atoms with van der Waals surface area (Å²) >= 11 is 0. The Morgan fingerprint density at radius 2 is 2.07 bits per heavy atom. The second kappa shape index (κ2) is 7.35. The number of aromatic nitrogens is 1. The van der Waals surface area contributed by atoms with Crippen molar-refractivity contribution in [3.8, 4) is 0 Å². The van der Waals surface area contributed by atoms with Crippen LogP contribution in [0.1, 0.15) is 31.2 Å². The van der Waals surface area contributed by atoms with Crippen molar-refractivity contribution < 1.29 is 14.7 Å². The number of benzene rings is 1. The lowest BCUT2D eigenvalue weighted by Gasteiger charge is -2.39. The number of hydrogen-bond acceptors (Lipinski definition) is 3. The first kappa shape index (κ1) is 18.0. The van der Waals surface area contributed by atoms with Crippen molar-refractivity contribution >= 4 is 22.7 Å². The van der Waals surface area contributed by atoms with Gasteiger partial charge in [0.15, 0.2) is 0 Å². The zero-order valence-electron chi connectivity index (χ0n) is 15.6. The number of rotatable bonds is 5. The van der Waals surface area contributed by atoms with Gasteiger partial charge in [-0.2, -0.15) is 0 Å². The van der Waals surface area contributed by atoms with Crippen LogP contribution in [0, 0.1) is 5.41 Å². The number of amides is 2. The van der Waals surface area contributed by atoms with Crippen LogP contribution in [0.2, 0.25) is 0 Å². The van der Waals surface area contributed by atoms with Crippen LogP contribution < -0.4 is 0 Å². The summed E-state index contributed by atoms with van der Waals surface area (Å²) < 4.78 is 0. The van der Waals surface area contributed by atoms with Gasteiger partial charge < -0.3 is 19.9 Å². The summed E-state index contributed by atoms with van der Waals surface area (Å²) in [6.45, 7) is 2.30. The van der Waals surface area contributed by atoms with Crippen molar-refractivity contribution in [3.63, 3.8) is 0 Å². The first-order valence-corrected chi connectivity index (χ1v) is 9.86. The Labute approximate surface area is 159 Å². The molecule has 0 saturated carbocycles. The predicted octanol–water partition coefficient (Wildman–Crippen LogP) is 1.93. The second-order valence-corrected chi connectivity index (χ2v) is 7.82. The maximum Gasteiger partial charge on any atom is 0.230 e. The Balaban J connectivity index is 1.38. The monoisotopic (exact) mass is 369 g/mol. The molecular weight excluding hydrogens is 342 g/mol. The van der Waals surface area contributed by atoms with E-state index in [1.165, 1.54) is 5.39 Å². The van der Waals surface area contributed by atoms with Gasteiger partial charge in [-0.15, -0.1) is 0 Å². The Bertz CT molecular complexity index is 844. The fourth-order valence-electron chi connectivity index (χ4n) is 4.69. The second-order valence-electron chi connectivity index (χ2n) is 7.82. The Kier molecular flexibility index (Phi) is 4.91. The molecule has 2 aliphatic heterocycles. The van der Waals surface area contributed by atoms with E-state index in [0.29, 0.717) is 32.5 Å². The van der Waals surface area contributed by atoms with E-state index in [0.717, 1.165) is 36.9 Å². The normalized spacial score (nSPS) is 22.9. The number of nitrogens with one attached hydrogen (secondary N) is 1. The first-order chi connectivity index (χ1) is 13.1. The number of aromatic amines is 1. The zero-order chi connectivity index (χ0) is 18.9. The molecule has 144 valence electrons. The van der Waals surface area contributed by atoms with Crippen LogP contribution in [-0.4, -0.2) is 64.5 Å². The van der Waals surface area contributed by atoms with Crippen molar-refractivity contribution in [1.29, 1.82) is 0 Å². The Morgan fingerprint density at radius 3 is 2.93 bits per heavy atom. The number of aliphatic hydroxyl groups is 1. The van der Waals surface area contributed by atoms with Crippen molar-refractivity contribution in [2.45, 2.75) is 32.1 Å². The number of hydrogen-bond donors (Lipinski definition) is 2. The minimum atomic E-state index is -0.427. The summed E-state index contributed by atoms with van der Waals surface area (Å²) in [6.07, 6.45) is 5.69. The highest BCUT2D eigenvalue weighted by atomic mass is 16.3. The minimum absolute atomic E-state index is 0.00487. The van der Waals surface area contributed by atoms with Crippen LogP contribution in [0.4, 0.5) is 0 Å². The van der Waals surface area contributed by atoms with Gasteiger partial charge in [0.25, 0.3) is 0 Å². The van der Waals surface area contributed by atoms with Crippen molar-refractivity contribution in [2.75, 3.05) is 32.8 Å². The lowest BCUT2D eigenvalue weighted by atomic mass is 9.78.